The number of amides is 1. The molecule has 5 rings (SSSR count). The smallest absolute Gasteiger partial charge is 0.274 e. The van der Waals surface area contributed by atoms with Crippen molar-refractivity contribution in [3.63, 3.8) is 0 Å². The Labute approximate surface area is 180 Å². The van der Waals surface area contributed by atoms with Crippen LogP contribution in [0.15, 0.2) is 53.6 Å². The first kappa shape index (κ1) is 19.6. The highest BCUT2D eigenvalue weighted by Gasteiger charge is 2.25. The van der Waals surface area contributed by atoms with E-state index in [1.807, 2.05) is 12.1 Å². The second kappa shape index (κ2) is 8.07. The van der Waals surface area contributed by atoms with Gasteiger partial charge in [-0.3, -0.25) is 14.2 Å². The molecular weight excluding hydrogens is 419 g/mol. The van der Waals surface area contributed by atoms with Crippen LogP contribution in [0.5, 0.6) is 5.19 Å². The monoisotopic (exact) mass is 438 g/mol. The Balaban J connectivity index is 1.21. The summed E-state index contributed by atoms with van der Waals surface area (Å²) >= 11 is 1.32. The molecule has 3 heterocycles. The van der Waals surface area contributed by atoms with Crippen molar-refractivity contribution in [2.24, 2.45) is 0 Å². The third kappa shape index (κ3) is 3.88. The van der Waals surface area contributed by atoms with Gasteiger partial charge in [-0.25, -0.2) is 9.37 Å². The molecule has 2 aromatic carbocycles. The zero-order chi connectivity index (χ0) is 21.4. The Bertz CT molecular complexity index is 1330. The molecule has 0 spiro atoms. The van der Waals surface area contributed by atoms with Crippen LogP contribution in [0.25, 0.3) is 21.1 Å². The lowest BCUT2D eigenvalue weighted by Gasteiger charge is -2.31. The van der Waals surface area contributed by atoms with Gasteiger partial charge in [0.25, 0.3) is 10.8 Å². The van der Waals surface area contributed by atoms with E-state index in [0.29, 0.717) is 47.5 Å². The summed E-state index contributed by atoms with van der Waals surface area (Å²) in [5.74, 6) is -0.484. The molecule has 2 aromatic heterocycles. The van der Waals surface area contributed by atoms with Crippen molar-refractivity contribution >= 4 is 38.4 Å². The van der Waals surface area contributed by atoms with Gasteiger partial charge >= 0.3 is 0 Å². The summed E-state index contributed by atoms with van der Waals surface area (Å²) in [6.07, 6.45) is 2.63. The van der Waals surface area contributed by atoms with Gasteiger partial charge in [-0.1, -0.05) is 29.5 Å². The van der Waals surface area contributed by atoms with E-state index in [1.54, 1.807) is 29.2 Å². The molecule has 31 heavy (non-hydrogen) atoms. The molecule has 0 aliphatic carbocycles. The molecule has 1 aliphatic rings. The van der Waals surface area contributed by atoms with Gasteiger partial charge in [-0.15, -0.1) is 0 Å². The average Bonchev–Trinajstić information content (AvgIpc) is 3.20. The predicted molar refractivity (Wildman–Crippen MR) is 116 cm³/mol. The van der Waals surface area contributed by atoms with Crippen LogP contribution in [0.4, 0.5) is 4.39 Å². The molecule has 1 saturated heterocycles. The van der Waals surface area contributed by atoms with E-state index >= 15 is 0 Å². The number of nitrogens with zero attached hydrogens (tertiary/aromatic N) is 4. The molecule has 0 radical (unpaired) electrons. The topological polar surface area (TPSA) is 77.3 Å². The minimum atomic E-state index is -0.359. The maximum Gasteiger partial charge on any atom is 0.274 e. The van der Waals surface area contributed by atoms with Crippen LogP contribution < -0.4 is 10.3 Å². The fraction of sp³-hybridized carbons (Fsp3) is 0.273. The number of aromatic nitrogens is 3. The summed E-state index contributed by atoms with van der Waals surface area (Å²) in [7, 11) is 0. The van der Waals surface area contributed by atoms with E-state index in [9.17, 15) is 14.0 Å². The number of fused-ring (bicyclic) bond motifs is 2. The minimum absolute atomic E-state index is 0.0423. The number of benzene rings is 2. The van der Waals surface area contributed by atoms with E-state index in [1.165, 1.54) is 28.3 Å². The van der Waals surface area contributed by atoms with Crippen molar-refractivity contribution < 1.29 is 13.9 Å². The number of likely N-dealkylation sites (tertiary alicyclic amines) is 1. The second-order valence-electron chi connectivity index (χ2n) is 7.46. The molecule has 158 valence electrons. The molecule has 7 nitrogen and oxygen atoms in total. The number of halogens is 1. The number of thiazole rings is 1. The normalized spacial score (nSPS) is 14.9. The number of carbonyl (C=O) groups excluding carboxylic acids is 1. The van der Waals surface area contributed by atoms with Gasteiger partial charge in [0, 0.05) is 25.9 Å². The molecule has 4 aromatic rings. The zero-order valence-corrected chi connectivity index (χ0v) is 17.3. The van der Waals surface area contributed by atoms with E-state index in [4.69, 9.17) is 4.74 Å². The van der Waals surface area contributed by atoms with Crippen LogP contribution in [0, 0.1) is 5.82 Å². The van der Waals surface area contributed by atoms with Crippen molar-refractivity contribution in [2.45, 2.75) is 25.5 Å². The van der Waals surface area contributed by atoms with Gasteiger partial charge in [0.1, 0.15) is 24.0 Å². The standard InChI is InChI=1S/C22H19FN4O3S/c23-16-5-3-7-18-20(16)25-22(31-18)30-14-8-10-26(11-9-14)19(28)12-27-13-24-17-6-2-1-4-15(17)21(27)29/h1-7,13-14H,8-12H2. The minimum Gasteiger partial charge on any atom is -0.467 e. The maximum absolute atomic E-state index is 13.8. The van der Waals surface area contributed by atoms with Gasteiger partial charge in [-0.05, 0) is 24.3 Å². The van der Waals surface area contributed by atoms with Crippen molar-refractivity contribution in [1.29, 1.82) is 0 Å². The van der Waals surface area contributed by atoms with E-state index < -0.39 is 0 Å². The van der Waals surface area contributed by atoms with Gasteiger partial charge in [-0.2, -0.15) is 4.98 Å². The van der Waals surface area contributed by atoms with Gasteiger partial charge < -0.3 is 9.64 Å². The molecule has 0 bridgehead atoms. The molecule has 0 N–H and O–H groups in total. The number of hydrogen-bond donors (Lipinski definition) is 0. The fourth-order valence-corrected chi connectivity index (χ4v) is 4.67. The predicted octanol–water partition coefficient (Wildman–Crippen LogP) is 3.22. The Morgan fingerprint density at radius 3 is 2.77 bits per heavy atom. The lowest BCUT2D eigenvalue weighted by Crippen LogP contribution is -2.44. The Morgan fingerprint density at radius 2 is 1.97 bits per heavy atom. The van der Waals surface area contributed by atoms with Crippen LogP contribution in [0.1, 0.15) is 12.8 Å². The average molecular weight is 438 g/mol. The molecule has 1 amide bonds. The third-order valence-electron chi connectivity index (χ3n) is 5.45. The molecule has 1 aliphatic heterocycles. The summed E-state index contributed by atoms with van der Waals surface area (Å²) in [5, 5.41) is 0.941. The van der Waals surface area contributed by atoms with E-state index in [0.717, 1.165) is 4.70 Å². The highest BCUT2D eigenvalue weighted by atomic mass is 32.1. The Hall–Kier alpha value is -3.33. The van der Waals surface area contributed by atoms with Crippen LogP contribution >= 0.6 is 11.3 Å². The lowest BCUT2D eigenvalue weighted by molar-refractivity contribution is -0.133. The first-order valence-electron chi connectivity index (χ1n) is 10.0. The number of hydrogen-bond acceptors (Lipinski definition) is 6. The Morgan fingerprint density at radius 1 is 1.16 bits per heavy atom. The highest BCUT2D eigenvalue weighted by Crippen LogP contribution is 2.31. The van der Waals surface area contributed by atoms with Gasteiger partial charge in [0.05, 0.1) is 21.9 Å². The SMILES string of the molecule is O=C(Cn1cnc2ccccc2c1=O)N1CCC(Oc2nc3c(F)cccc3s2)CC1. The first-order chi connectivity index (χ1) is 15.1. The summed E-state index contributed by atoms with van der Waals surface area (Å²) in [6.45, 7) is 1.01. The summed E-state index contributed by atoms with van der Waals surface area (Å²) in [5.41, 5.74) is 0.716. The largest absolute Gasteiger partial charge is 0.467 e. The molecular formula is C22H19FN4O3S. The Kier molecular flexibility index (Phi) is 5.11. The molecule has 0 saturated carbocycles. The molecule has 0 unspecified atom stereocenters. The van der Waals surface area contributed by atoms with Crippen LogP contribution in [-0.2, 0) is 11.3 Å². The first-order valence-corrected chi connectivity index (χ1v) is 10.8. The van der Waals surface area contributed by atoms with Crippen molar-refractivity contribution in [1.82, 2.24) is 19.4 Å². The summed E-state index contributed by atoms with van der Waals surface area (Å²) in [4.78, 5) is 35.6. The van der Waals surface area contributed by atoms with E-state index in [2.05, 4.69) is 9.97 Å². The molecule has 0 atom stereocenters. The van der Waals surface area contributed by atoms with Crippen LogP contribution in [-0.4, -0.2) is 44.5 Å². The number of ether oxygens (including phenoxy) is 1. The lowest BCUT2D eigenvalue weighted by atomic mass is 10.1. The van der Waals surface area contributed by atoms with Crippen LogP contribution in [0.3, 0.4) is 0 Å². The van der Waals surface area contributed by atoms with Crippen LogP contribution in [0.2, 0.25) is 0 Å². The van der Waals surface area contributed by atoms with Crippen molar-refractivity contribution in [2.75, 3.05) is 13.1 Å². The van der Waals surface area contributed by atoms with Crippen molar-refractivity contribution in [3.05, 3.63) is 65.0 Å². The molecule has 1 fully saturated rings. The van der Waals surface area contributed by atoms with E-state index in [-0.39, 0.29) is 29.9 Å². The second-order valence-corrected chi connectivity index (χ2v) is 8.45. The van der Waals surface area contributed by atoms with Gasteiger partial charge in [0.2, 0.25) is 5.91 Å². The summed E-state index contributed by atoms with van der Waals surface area (Å²) < 4.78 is 21.9. The number of carbonyl (C=O) groups is 1. The third-order valence-corrected chi connectivity index (χ3v) is 6.36. The number of para-hydroxylation sites is 2. The van der Waals surface area contributed by atoms with Crippen molar-refractivity contribution in [3.8, 4) is 5.19 Å². The highest BCUT2D eigenvalue weighted by molar-refractivity contribution is 7.20. The quantitative estimate of drug-likeness (QED) is 0.489. The summed E-state index contributed by atoms with van der Waals surface area (Å²) in [6, 6.07) is 11.9. The molecule has 9 heteroatoms. The number of piperidine rings is 1. The zero-order valence-electron chi connectivity index (χ0n) is 16.5. The fourth-order valence-electron chi connectivity index (χ4n) is 3.78. The number of rotatable bonds is 4. The maximum atomic E-state index is 13.8. The van der Waals surface area contributed by atoms with Gasteiger partial charge in [0.15, 0.2) is 0 Å².